The first kappa shape index (κ1) is 14.1. The topological polar surface area (TPSA) is 43.8 Å². The second kappa shape index (κ2) is 6.22. The third-order valence-corrected chi connectivity index (χ3v) is 3.47. The minimum atomic E-state index is 0.285. The largest absolute Gasteiger partial charge is 0.328 e. The van der Waals surface area contributed by atoms with Gasteiger partial charge in [-0.15, -0.1) is 0 Å². The Labute approximate surface area is 119 Å². The molecule has 0 radical (unpaired) electrons. The van der Waals surface area contributed by atoms with E-state index in [4.69, 9.17) is 17.3 Å². The number of rotatable bonds is 5. The summed E-state index contributed by atoms with van der Waals surface area (Å²) in [6.45, 7) is 5.04. The van der Waals surface area contributed by atoms with E-state index >= 15 is 0 Å². The highest BCUT2D eigenvalue weighted by atomic mass is 35.5. The summed E-state index contributed by atoms with van der Waals surface area (Å²) in [6, 6.07) is 8.10. The van der Waals surface area contributed by atoms with Crippen LogP contribution in [0.5, 0.6) is 0 Å². The molecule has 2 N–H and O–H groups in total. The van der Waals surface area contributed by atoms with Crippen molar-refractivity contribution in [2.75, 3.05) is 6.54 Å². The SMILES string of the molecule is CC(C)CC(CN)n1cncc1-c1ccc(Cl)cc1. The van der Waals surface area contributed by atoms with E-state index in [1.165, 1.54) is 0 Å². The summed E-state index contributed by atoms with van der Waals surface area (Å²) in [5.74, 6) is 0.606. The number of nitrogens with zero attached hydrogens (tertiary/aromatic N) is 2. The molecule has 0 amide bonds. The zero-order valence-electron chi connectivity index (χ0n) is 11.4. The number of aromatic nitrogens is 2. The lowest BCUT2D eigenvalue weighted by molar-refractivity contribution is 0.410. The van der Waals surface area contributed by atoms with Crippen LogP contribution in [0.25, 0.3) is 11.3 Å². The second-order valence-electron chi connectivity index (χ2n) is 5.21. The van der Waals surface area contributed by atoms with Gasteiger partial charge in [0.25, 0.3) is 0 Å². The first-order chi connectivity index (χ1) is 9.11. The van der Waals surface area contributed by atoms with Crippen molar-refractivity contribution in [3.63, 3.8) is 0 Å². The second-order valence-corrected chi connectivity index (χ2v) is 5.65. The molecule has 1 unspecified atom stereocenters. The van der Waals surface area contributed by atoms with Gasteiger partial charge in [0.15, 0.2) is 0 Å². The van der Waals surface area contributed by atoms with Crippen LogP contribution in [0.1, 0.15) is 26.3 Å². The van der Waals surface area contributed by atoms with E-state index in [2.05, 4.69) is 23.4 Å². The van der Waals surface area contributed by atoms with Crippen LogP contribution >= 0.6 is 11.6 Å². The van der Waals surface area contributed by atoms with E-state index in [0.29, 0.717) is 12.5 Å². The van der Waals surface area contributed by atoms with Gasteiger partial charge in [-0.05, 0) is 30.0 Å². The van der Waals surface area contributed by atoms with E-state index in [1.807, 2.05) is 36.8 Å². The molecule has 0 saturated carbocycles. The number of benzene rings is 1. The molecular formula is C15H20ClN3. The number of nitrogens with two attached hydrogens (primary N) is 1. The third-order valence-electron chi connectivity index (χ3n) is 3.21. The summed E-state index contributed by atoms with van der Waals surface area (Å²) < 4.78 is 2.17. The lowest BCUT2D eigenvalue weighted by Crippen LogP contribution is -2.21. The van der Waals surface area contributed by atoms with Crippen LogP contribution in [0.2, 0.25) is 5.02 Å². The van der Waals surface area contributed by atoms with Crippen molar-refractivity contribution >= 4 is 11.6 Å². The molecule has 0 aliphatic carbocycles. The van der Waals surface area contributed by atoms with Crippen molar-refractivity contribution < 1.29 is 0 Å². The lowest BCUT2D eigenvalue weighted by Gasteiger charge is -2.21. The monoisotopic (exact) mass is 277 g/mol. The van der Waals surface area contributed by atoms with Gasteiger partial charge in [0.05, 0.1) is 18.2 Å². The third kappa shape index (κ3) is 3.37. The molecule has 0 saturated heterocycles. The Balaban J connectivity index is 2.33. The molecule has 0 aliphatic heterocycles. The Hall–Kier alpha value is -1.32. The highest BCUT2D eigenvalue weighted by Crippen LogP contribution is 2.26. The van der Waals surface area contributed by atoms with Crippen LogP contribution in [0, 0.1) is 5.92 Å². The fourth-order valence-electron chi connectivity index (χ4n) is 2.31. The Morgan fingerprint density at radius 1 is 1.26 bits per heavy atom. The van der Waals surface area contributed by atoms with Crippen LogP contribution in [0.4, 0.5) is 0 Å². The summed E-state index contributed by atoms with van der Waals surface area (Å²) in [5.41, 5.74) is 8.12. The van der Waals surface area contributed by atoms with Gasteiger partial charge >= 0.3 is 0 Å². The van der Waals surface area contributed by atoms with Gasteiger partial charge in [0.1, 0.15) is 0 Å². The van der Waals surface area contributed by atoms with E-state index < -0.39 is 0 Å². The molecule has 3 nitrogen and oxygen atoms in total. The van der Waals surface area contributed by atoms with Crippen LogP contribution in [-0.2, 0) is 0 Å². The smallest absolute Gasteiger partial charge is 0.0954 e. The van der Waals surface area contributed by atoms with Crippen LogP contribution in [-0.4, -0.2) is 16.1 Å². The average molecular weight is 278 g/mol. The van der Waals surface area contributed by atoms with Crippen molar-refractivity contribution in [2.24, 2.45) is 11.7 Å². The van der Waals surface area contributed by atoms with Crippen molar-refractivity contribution in [1.82, 2.24) is 9.55 Å². The highest BCUT2D eigenvalue weighted by molar-refractivity contribution is 6.30. The zero-order valence-corrected chi connectivity index (χ0v) is 12.1. The first-order valence-corrected chi connectivity index (χ1v) is 6.97. The van der Waals surface area contributed by atoms with Gasteiger partial charge < -0.3 is 10.3 Å². The Morgan fingerprint density at radius 3 is 2.53 bits per heavy atom. The number of halogens is 1. The summed E-state index contributed by atoms with van der Waals surface area (Å²) in [5, 5.41) is 0.743. The number of hydrogen-bond acceptors (Lipinski definition) is 2. The van der Waals surface area contributed by atoms with Crippen molar-refractivity contribution in [3.8, 4) is 11.3 Å². The Kier molecular flexibility index (Phi) is 4.61. The molecule has 1 atom stereocenters. The van der Waals surface area contributed by atoms with Gasteiger partial charge in [0.2, 0.25) is 0 Å². The molecule has 0 spiro atoms. The molecular weight excluding hydrogens is 258 g/mol. The van der Waals surface area contributed by atoms with Crippen LogP contribution in [0.3, 0.4) is 0 Å². The quantitative estimate of drug-likeness (QED) is 0.904. The summed E-state index contributed by atoms with van der Waals surface area (Å²) in [4.78, 5) is 4.27. The molecule has 0 bridgehead atoms. The molecule has 1 aromatic heterocycles. The predicted molar refractivity (Wildman–Crippen MR) is 80.2 cm³/mol. The Bertz CT molecular complexity index is 516. The van der Waals surface area contributed by atoms with E-state index in [-0.39, 0.29) is 6.04 Å². The van der Waals surface area contributed by atoms with Crippen LogP contribution in [0.15, 0.2) is 36.8 Å². The molecule has 19 heavy (non-hydrogen) atoms. The predicted octanol–water partition coefficient (Wildman–Crippen LogP) is 3.75. The Morgan fingerprint density at radius 2 is 1.95 bits per heavy atom. The molecule has 102 valence electrons. The minimum Gasteiger partial charge on any atom is -0.328 e. The number of imidazole rings is 1. The summed E-state index contributed by atoms with van der Waals surface area (Å²) in [7, 11) is 0. The van der Waals surface area contributed by atoms with Gasteiger partial charge in [-0.1, -0.05) is 37.6 Å². The van der Waals surface area contributed by atoms with Gasteiger partial charge in [-0.2, -0.15) is 0 Å². The maximum absolute atomic E-state index is 5.93. The average Bonchev–Trinajstić information content (AvgIpc) is 2.85. The molecule has 2 rings (SSSR count). The van der Waals surface area contributed by atoms with Crippen molar-refractivity contribution in [2.45, 2.75) is 26.3 Å². The fourth-order valence-corrected chi connectivity index (χ4v) is 2.43. The molecule has 4 heteroatoms. The standard InChI is InChI=1S/C15H20ClN3/c1-11(2)7-14(8-17)19-10-18-9-15(19)12-3-5-13(16)6-4-12/h3-6,9-11,14H,7-8,17H2,1-2H3. The first-order valence-electron chi connectivity index (χ1n) is 6.59. The van der Waals surface area contributed by atoms with E-state index in [0.717, 1.165) is 22.7 Å². The summed E-state index contributed by atoms with van der Waals surface area (Å²) in [6.07, 6.45) is 4.80. The molecule has 0 aliphatic rings. The van der Waals surface area contributed by atoms with Crippen molar-refractivity contribution in [1.29, 1.82) is 0 Å². The minimum absolute atomic E-state index is 0.285. The molecule has 0 fully saturated rings. The molecule has 1 aromatic carbocycles. The normalized spacial score (nSPS) is 12.9. The highest BCUT2D eigenvalue weighted by Gasteiger charge is 2.15. The lowest BCUT2D eigenvalue weighted by atomic mass is 10.0. The van der Waals surface area contributed by atoms with E-state index in [9.17, 15) is 0 Å². The van der Waals surface area contributed by atoms with E-state index in [1.54, 1.807) is 0 Å². The zero-order chi connectivity index (χ0) is 13.8. The maximum Gasteiger partial charge on any atom is 0.0954 e. The van der Waals surface area contributed by atoms with Crippen molar-refractivity contribution in [3.05, 3.63) is 41.8 Å². The molecule has 2 aromatic rings. The van der Waals surface area contributed by atoms with Gasteiger partial charge in [-0.25, -0.2) is 4.98 Å². The van der Waals surface area contributed by atoms with Gasteiger partial charge in [-0.3, -0.25) is 0 Å². The summed E-state index contributed by atoms with van der Waals surface area (Å²) >= 11 is 5.93. The van der Waals surface area contributed by atoms with Gasteiger partial charge in [0, 0.05) is 17.6 Å². The molecule has 1 heterocycles. The number of hydrogen-bond donors (Lipinski definition) is 1. The van der Waals surface area contributed by atoms with Crippen LogP contribution < -0.4 is 5.73 Å². The fraction of sp³-hybridized carbons (Fsp3) is 0.400. The maximum atomic E-state index is 5.93.